The van der Waals surface area contributed by atoms with Gasteiger partial charge in [0, 0.05) is 18.1 Å². The normalized spacial score (nSPS) is 10.2. The number of hydrogen-bond acceptors (Lipinski definition) is 5. The molecule has 0 bridgehead atoms. The molecule has 3 aromatic rings. The first-order valence-electron chi connectivity index (χ1n) is 7.36. The molecule has 8 heteroatoms. The van der Waals surface area contributed by atoms with Gasteiger partial charge in [-0.25, -0.2) is 19.7 Å². The molecular weight excluding hydrogens is 308 g/mol. The molecule has 3 rings (SSSR count). The van der Waals surface area contributed by atoms with Crippen LogP contribution in [0.3, 0.4) is 0 Å². The van der Waals surface area contributed by atoms with Gasteiger partial charge in [-0.3, -0.25) is 4.57 Å². The van der Waals surface area contributed by atoms with Crippen molar-refractivity contribution < 1.29 is 9.53 Å². The summed E-state index contributed by atoms with van der Waals surface area (Å²) in [6.07, 6.45) is 8.03. The van der Waals surface area contributed by atoms with E-state index in [9.17, 15) is 4.79 Å². The molecular formula is C16H16N6O2. The van der Waals surface area contributed by atoms with Crippen LogP contribution in [0.15, 0.2) is 55.4 Å². The van der Waals surface area contributed by atoms with Gasteiger partial charge in [0.2, 0.25) is 5.95 Å². The minimum absolute atomic E-state index is 0.377. The maximum absolute atomic E-state index is 12.0. The Morgan fingerprint density at radius 1 is 1.12 bits per heavy atom. The predicted molar refractivity (Wildman–Crippen MR) is 89.4 cm³/mol. The zero-order chi connectivity index (χ0) is 16.8. The van der Waals surface area contributed by atoms with Crippen LogP contribution in [0, 0.1) is 0 Å². The Hall–Kier alpha value is -3.42. The number of rotatable bonds is 5. The largest absolute Gasteiger partial charge is 0.494 e. The minimum Gasteiger partial charge on any atom is -0.494 e. The summed E-state index contributed by atoms with van der Waals surface area (Å²) in [6.45, 7) is 2.52. The van der Waals surface area contributed by atoms with Gasteiger partial charge in [0.05, 0.1) is 24.7 Å². The summed E-state index contributed by atoms with van der Waals surface area (Å²) in [5, 5.41) is 5.40. The van der Waals surface area contributed by atoms with Crippen molar-refractivity contribution >= 4 is 17.4 Å². The van der Waals surface area contributed by atoms with E-state index in [2.05, 4.69) is 25.6 Å². The first-order valence-corrected chi connectivity index (χ1v) is 7.36. The monoisotopic (exact) mass is 324 g/mol. The van der Waals surface area contributed by atoms with Gasteiger partial charge in [-0.05, 0) is 31.2 Å². The number of anilines is 2. The molecule has 1 aromatic carbocycles. The summed E-state index contributed by atoms with van der Waals surface area (Å²) in [6, 6.07) is 6.75. The number of nitrogens with zero attached hydrogens (tertiary/aromatic N) is 4. The van der Waals surface area contributed by atoms with E-state index in [0.29, 0.717) is 23.9 Å². The third kappa shape index (κ3) is 3.86. The molecule has 8 nitrogen and oxygen atoms in total. The Kier molecular flexibility index (Phi) is 4.66. The van der Waals surface area contributed by atoms with Crippen LogP contribution in [0.25, 0.3) is 5.95 Å². The van der Waals surface area contributed by atoms with Crippen molar-refractivity contribution in [3.8, 4) is 11.7 Å². The predicted octanol–water partition coefficient (Wildman–Crippen LogP) is 2.71. The average molecular weight is 324 g/mol. The molecule has 0 aliphatic rings. The van der Waals surface area contributed by atoms with E-state index in [0.717, 1.165) is 5.75 Å². The molecule has 2 heterocycles. The lowest BCUT2D eigenvalue weighted by atomic mass is 10.3. The van der Waals surface area contributed by atoms with Gasteiger partial charge in [0.1, 0.15) is 12.1 Å². The highest BCUT2D eigenvalue weighted by molar-refractivity contribution is 5.99. The second kappa shape index (κ2) is 7.23. The van der Waals surface area contributed by atoms with Gasteiger partial charge in [-0.2, -0.15) is 0 Å². The van der Waals surface area contributed by atoms with E-state index in [1.54, 1.807) is 47.6 Å². The molecule has 0 unspecified atom stereocenters. The van der Waals surface area contributed by atoms with Gasteiger partial charge in [0.25, 0.3) is 0 Å². The Labute approximate surface area is 138 Å². The van der Waals surface area contributed by atoms with Crippen molar-refractivity contribution in [1.29, 1.82) is 0 Å². The quantitative estimate of drug-likeness (QED) is 0.752. The van der Waals surface area contributed by atoms with Gasteiger partial charge >= 0.3 is 6.03 Å². The average Bonchev–Trinajstić information content (AvgIpc) is 3.12. The molecule has 2 aromatic heterocycles. The van der Waals surface area contributed by atoms with Crippen molar-refractivity contribution in [2.24, 2.45) is 0 Å². The molecule has 2 amide bonds. The zero-order valence-corrected chi connectivity index (χ0v) is 13.0. The topological polar surface area (TPSA) is 94.0 Å². The highest BCUT2D eigenvalue weighted by atomic mass is 16.5. The van der Waals surface area contributed by atoms with Crippen molar-refractivity contribution in [3.63, 3.8) is 0 Å². The number of imidazole rings is 1. The molecule has 0 aliphatic heterocycles. The Morgan fingerprint density at radius 3 is 2.46 bits per heavy atom. The fraction of sp³-hybridized carbons (Fsp3) is 0.125. The van der Waals surface area contributed by atoms with E-state index >= 15 is 0 Å². The Balaban J connectivity index is 1.58. The van der Waals surface area contributed by atoms with Gasteiger partial charge in [-0.1, -0.05) is 0 Å². The number of ether oxygens (including phenoxy) is 1. The molecule has 122 valence electrons. The van der Waals surface area contributed by atoms with E-state index in [1.165, 1.54) is 12.4 Å². The Morgan fingerprint density at radius 2 is 1.83 bits per heavy atom. The lowest BCUT2D eigenvalue weighted by molar-refractivity contribution is 0.262. The number of aromatic nitrogens is 4. The van der Waals surface area contributed by atoms with Crippen molar-refractivity contribution in [2.75, 3.05) is 17.2 Å². The van der Waals surface area contributed by atoms with Crippen LogP contribution in [0.1, 0.15) is 6.92 Å². The number of hydrogen-bond donors (Lipinski definition) is 2. The number of nitrogens with one attached hydrogen (secondary N) is 2. The SMILES string of the molecule is CCOc1ccc(NC(=O)Nc2cnc(-n3ccnc3)nc2)cc1. The molecule has 0 atom stereocenters. The molecule has 0 spiro atoms. The number of carbonyl (C=O) groups is 1. The molecule has 0 saturated carbocycles. The smallest absolute Gasteiger partial charge is 0.323 e. The molecule has 0 aliphatic carbocycles. The first-order chi connectivity index (χ1) is 11.7. The van der Waals surface area contributed by atoms with Crippen molar-refractivity contribution in [2.45, 2.75) is 6.92 Å². The second-order valence-corrected chi connectivity index (χ2v) is 4.78. The van der Waals surface area contributed by atoms with Gasteiger partial charge < -0.3 is 15.4 Å². The van der Waals surface area contributed by atoms with Gasteiger partial charge in [0.15, 0.2) is 0 Å². The number of urea groups is 1. The van der Waals surface area contributed by atoms with Crippen LogP contribution in [-0.2, 0) is 0 Å². The summed E-state index contributed by atoms with van der Waals surface area (Å²) in [7, 11) is 0. The fourth-order valence-electron chi connectivity index (χ4n) is 1.99. The second-order valence-electron chi connectivity index (χ2n) is 4.78. The summed E-state index contributed by atoms with van der Waals surface area (Å²) < 4.78 is 7.02. The van der Waals surface area contributed by atoms with Crippen LogP contribution in [0.5, 0.6) is 5.75 Å². The van der Waals surface area contributed by atoms with Crippen molar-refractivity contribution in [1.82, 2.24) is 19.5 Å². The van der Waals surface area contributed by atoms with Crippen molar-refractivity contribution in [3.05, 3.63) is 55.4 Å². The lowest BCUT2D eigenvalue weighted by Crippen LogP contribution is -2.19. The van der Waals surface area contributed by atoms with E-state index in [-0.39, 0.29) is 6.03 Å². The summed E-state index contributed by atoms with van der Waals surface area (Å²) >= 11 is 0. The maximum atomic E-state index is 12.0. The molecule has 0 radical (unpaired) electrons. The summed E-state index contributed by atoms with van der Waals surface area (Å²) in [5.41, 5.74) is 1.15. The minimum atomic E-state index is -0.377. The fourth-order valence-corrected chi connectivity index (χ4v) is 1.99. The summed E-state index contributed by atoms with van der Waals surface area (Å²) in [4.78, 5) is 24.2. The highest BCUT2D eigenvalue weighted by Crippen LogP contribution is 2.16. The van der Waals surface area contributed by atoms with Crippen LogP contribution < -0.4 is 15.4 Å². The third-order valence-corrected chi connectivity index (χ3v) is 3.05. The summed E-state index contributed by atoms with van der Waals surface area (Å²) in [5.74, 6) is 1.23. The maximum Gasteiger partial charge on any atom is 0.323 e. The molecule has 0 saturated heterocycles. The van der Waals surface area contributed by atoms with E-state index < -0.39 is 0 Å². The van der Waals surface area contributed by atoms with Crippen LogP contribution >= 0.6 is 0 Å². The van der Waals surface area contributed by atoms with E-state index in [1.807, 2.05) is 6.92 Å². The standard InChI is InChI=1S/C16H16N6O2/c1-2-24-14-5-3-12(4-6-14)20-16(23)21-13-9-18-15(19-10-13)22-8-7-17-11-22/h3-11H,2H2,1H3,(H2,20,21,23). The van der Waals surface area contributed by atoms with Crippen LogP contribution in [-0.4, -0.2) is 32.2 Å². The van der Waals surface area contributed by atoms with Gasteiger partial charge in [-0.15, -0.1) is 0 Å². The molecule has 0 fully saturated rings. The lowest BCUT2D eigenvalue weighted by Gasteiger charge is -2.08. The Bertz CT molecular complexity index is 784. The van der Waals surface area contributed by atoms with Crippen LogP contribution in [0.4, 0.5) is 16.2 Å². The number of carbonyl (C=O) groups excluding carboxylic acids is 1. The molecule has 24 heavy (non-hydrogen) atoms. The van der Waals surface area contributed by atoms with Crippen LogP contribution in [0.2, 0.25) is 0 Å². The van der Waals surface area contributed by atoms with E-state index in [4.69, 9.17) is 4.74 Å². The molecule has 2 N–H and O–H groups in total. The number of benzene rings is 1. The number of amides is 2. The highest BCUT2D eigenvalue weighted by Gasteiger charge is 2.05. The third-order valence-electron chi connectivity index (χ3n) is 3.05. The first kappa shape index (κ1) is 15.5. The zero-order valence-electron chi connectivity index (χ0n) is 13.0.